The minimum absolute atomic E-state index is 0.829. The molecule has 0 radical (unpaired) electrons. The summed E-state index contributed by atoms with van der Waals surface area (Å²) in [6.07, 6.45) is 0. The van der Waals surface area contributed by atoms with Crippen molar-refractivity contribution in [1.82, 2.24) is 0 Å². The van der Waals surface area contributed by atoms with Crippen molar-refractivity contribution in [2.24, 2.45) is 0 Å². The van der Waals surface area contributed by atoms with Gasteiger partial charge in [-0.2, -0.15) is 0 Å². The Labute approximate surface area is 403 Å². The van der Waals surface area contributed by atoms with Gasteiger partial charge in [0.05, 0.1) is 11.4 Å². The summed E-state index contributed by atoms with van der Waals surface area (Å²) in [5, 5.41) is 2.18. The number of hydrogen-bond donors (Lipinski definition) is 0. The second-order valence-corrected chi connectivity index (χ2v) is 17.3. The number of fused-ring (bicyclic) bond motifs is 3. The summed E-state index contributed by atoms with van der Waals surface area (Å²) in [6.45, 7) is 0. The molecule has 0 bridgehead atoms. The van der Waals surface area contributed by atoms with Crippen molar-refractivity contribution in [3.8, 4) is 55.6 Å². The average Bonchev–Trinajstić information content (AvgIpc) is 3.81. The third kappa shape index (κ3) is 8.13. The molecule has 0 fully saturated rings. The number of rotatable bonds is 11. The predicted molar refractivity (Wildman–Crippen MR) is 290 cm³/mol. The number of para-hydroxylation sites is 1. The van der Waals surface area contributed by atoms with Gasteiger partial charge in [-0.3, -0.25) is 0 Å². The molecule has 0 aliphatic rings. The maximum absolute atomic E-state index is 6.64. The highest BCUT2D eigenvalue weighted by atomic mass is 16.3. The lowest BCUT2D eigenvalue weighted by Crippen LogP contribution is -2.17. The Kier molecular flexibility index (Phi) is 10.9. The van der Waals surface area contributed by atoms with Gasteiger partial charge in [0.15, 0.2) is 0 Å². The molecule has 11 aromatic carbocycles. The van der Waals surface area contributed by atoms with Crippen LogP contribution >= 0.6 is 0 Å². The first kappa shape index (κ1) is 41.3. The Morgan fingerprint density at radius 2 is 0.522 bits per heavy atom. The third-order valence-electron chi connectivity index (χ3n) is 13.1. The first-order chi connectivity index (χ1) is 34.2. The molecular weight excluding hydrogens is 837 g/mol. The van der Waals surface area contributed by atoms with E-state index in [0.29, 0.717) is 0 Å². The maximum atomic E-state index is 6.64. The van der Waals surface area contributed by atoms with E-state index in [0.717, 1.165) is 95.0 Å². The number of hydrogen-bond acceptors (Lipinski definition) is 3. The Morgan fingerprint density at radius 3 is 0.928 bits per heavy atom. The van der Waals surface area contributed by atoms with Crippen molar-refractivity contribution in [3.05, 3.63) is 279 Å². The molecule has 0 saturated carbocycles. The minimum Gasteiger partial charge on any atom is -0.456 e. The molecule has 3 heteroatoms. The standard InChI is InChI=1S/C66H46N2O/c1-6-18-47(19-7-1)50-30-36-55(37-31-50)67(56-38-32-51(33-39-56)48-20-8-2-9-21-48)63-45-61(53-24-12-4-13-25-53)62(54-26-14-5-15-27-54)46-64(63)68(57-40-34-52(35-41-57)49-22-10-3-11-23-49)58-42-43-60-59-28-16-17-29-65(59)69-66(60)44-58/h1-46H. The zero-order valence-electron chi connectivity index (χ0n) is 37.9. The summed E-state index contributed by atoms with van der Waals surface area (Å²) in [5.41, 5.74) is 19.2. The second-order valence-electron chi connectivity index (χ2n) is 17.3. The molecule has 0 spiro atoms. The Hall–Kier alpha value is -9.18. The Balaban J connectivity index is 1.15. The number of benzene rings is 11. The fraction of sp³-hybridized carbons (Fsp3) is 0. The summed E-state index contributed by atoms with van der Waals surface area (Å²) >= 11 is 0. The zero-order valence-corrected chi connectivity index (χ0v) is 37.9. The van der Waals surface area contributed by atoms with Crippen LogP contribution in [0, 0.1) is 0 Å². The Morgan fingerprint density at radius 1 is 0.217 bits per heavy atom. The van der Waals surface area contributed by atoms with E-state index in [-0.39, 0.29) is 0 Å². The van der Waals surface area contributed by atoms with E-state index in [1.165, 1.54) is 16.7 Å². The van der Waals surface area contributed by atoms with E-state index in [1.807, 2.05) is 12.1 Å². The number of anilines is 6. The molecule has 0 N–H and O–H groups in total. The van der Waals surface area contributed by atoms with E-state index < -0.39 is 0 Å². The van der Waals surface area contributed by atoms with E-state index in [4.69, 9.17) is 4.42 Å². The van der Waals surface area contributed by atoms with Crippen molar-refractivity contribution in [3.63, 3.8) is 0 Å². The summed E-state index contributed by atoms with van der Waals surface area (Å²) in [7, 11) is 0. The van der Waals surface area contributed by atoms with Crippen LogP contribution in [0.1, 0.15) is 0 Å². The fourth-order valence-electron chi connectivity index (χ4n) is 9.66. The molecule has 12 aromatic rings. The smallest absolute Gasteiger partial charge is 0.137 e. The van der Waals surface area contributed by atoms with Gasteiger partial charge in [0.1, 0.15) is 11.2 Å². The van der Waals surface area contributed by atoms with Crippen molar-refractivity contribution < 1.29 is 4.42 Å². The monoisotopic (exact) mass is 882 g/mol. The van der Waals surface area contributed by atoms with Gasteiger partial charge in [-0.1, -0.05) is 206 Å². The molecule has 0 saturated heterocycles. The lowest BCUT2D eigenvalue weighted by Gasteiger charge is -2.34. The molecule has 1 aromatic heterocycles. The van der Waals surface area contributed by atoms with Crippen LogP contribution in [0.2, 0.25) is 0 Å². The SMILES string of the molecule is c1ccc(-c2ccc(N(c3ccc(-c4ccccc4)cc3)c3cc(-c4ccccc4)c(-c4ccccc4)cc3N(c3ccc(-c4ccccc4)cc3)c3ccc4c(c3)oc3ccccc34)cc2)cc1. The highest BCUT2D eigenvalue weighted by molar-refractivity contribution is 6.07. The van der Waals surface area contributed by atoms with Crippen molar-refractivity contribution in [2.75, 3.05) is 9.80 Å². The van der Waals surface area contributed by atoms with E-state index in [2.05, 4.69) is 277 Å². The van der Waals surface area contributed by atoms with Crippen LogP contribution in [0.5, 0.6) is 0 Å². The summed E-state index contributed by atoms with van der Waals surface area (Å²) in [6, 6.07) is 100.0. The van der Waals surface area contributed by atoms with Crippen LogP contribution in [0.25, 0.3) is 77.6 Å². The average molecular weight is 883 g/mol. The molecule has 0 atom stereocenters. The van der Waals surface area contributed by atoms with Gasteiger partial charge < -0.3 is 14.2 Å². The second kappa shape index (κ2) is 18.2. The Bertz CT molecular complexity index is 3580. The van der Waals surface area contributed by atoms with Gasteiger partial charge in [-0.25, -0.2) is 0 Å². The summed E-state index contributed by atoms with van der Waals surface area (Å²) < 4.78 is 6.64. The van der Waals surface area contributed by atoms with Gasteiger partial charge >= 0.3 is 0 Å². The highest BCUT2D eigenvalue weighted by Crippen LogP contribution is 2.51. The van der Waals surface area contributed by atoms with E-state index in [1.54, 1.807) is 0 Å². The highest BCUT2D eigenvalue weighted by Gasteiger charge is 2.27. The minimum atomic E-state index is 0.829. The van der Waals surface area contributed by atoms with Crippen LogP contribution in [0.4, 0.5) is 34.1 Å². The topological polar surface area (TPSA) is 19.6 Å². The number of nitrogens with zero attached hydrogens (tertiary/aromatic N) is 2. The van der Waals surface area contributed by atoms with Crippen molar-refractivity contribution in [2.45, 2.75) is 0 Å². The predicted octanol–water partition coefficient (Wildman–Crippen LogP) is 18.9. The first-order valence-corrected chi connectivity index (χ1v) is 23.5. The molecule has 0 unspecified atom stereocenters. The normalized spacial score (nSPS) is 11.2. The number of furan rings is 1. The van der Waals surface area contributed by atoms with Crippen LogP contribution in [0.3, 0.4) is 0 Å². The summed E-state index contributed by atoms with van der Waals surface area (Å²) in [5.74, 6) is 0. The van der Waals surface area contributed by atoms with Crippen molar-refractivity contribution in [1.29, 1.82) is 0 Å². The van der Waals surface area contributed by atoms with E-state index in [9.17, 15) is 0 Å². The van der Waals surface area contributed by atoms with Crippen LogP contribution < -0.4 is 9.80 Å². The van der Waals surface area contributed by atoms with Crippen LogP contribution in [-0.4, -0.2) is 0 Å². The molecular formula is C66H46N2O. The molecule has 12 rings (SSSR count). The quantitative estimate of drug-likeness (QED) is 0.129. The van der Waals surface area contributed by atoms with Gasteiger partial charge in [-0.15, -0.1) is 0 Å². The van der Waals surface area contributed by atoms with Gasteiger partial charge in [0, 0.05) is 39.6 Å². The van der Waals surface area contributed by atoms with Gasteiger partial charge in [0.2, 0.25) is 0 Å². The molecule has 0 aliphatic carbocycles. The summed E-state index contributed by atoms with van der Waals surface area (Å²) in [4.78, 5) is 4.83. The molecule has 69 heavy (non-hydrogen) atoms. The third-order valence-corrected chi connectivity index (χ3v) is 13.1. The molecule has 0 aliphatic heterocycles. The van der Waals surface area contributed by atoms with Crippen LogP contribution in [0.15, 0.2) is 283 Å². The molecule has 1 heterocycles. The molecule has 0 amide bonds. The first-order valence-electron chi connectivity index (χ1n) is 23.5. The zero-order chi connectivity index (χ0) is 45.9. The fourth-order valence-corrected chi connectivity index (χ4v) is 9.66. The van der Waals surface area contributed by atoms with Crippen LogP contribution in [-0.2, 0) is 0 Å². The molecule has 3 nitrogen and oxygen atoms in total. The lowest BCUT2D eigenvalue weighted by molar-refractivity contribution is 0.669. The van der Waals surface area contributed by atoms with E-state index >= 15 is 0 Å². The molecule has 326 valence electrons. The van der Waals surface area contributed by atoms with Crippen molar-refractivity contribution >= 4 is 56.1 Å². The lowest BCUT2D eigenvalue weighted by atomic mass is 9.92. The maximum Gasteiger partial charge on any atom is 0.137 e. The largest absolute Gasteiger partial charge is 0.456 e. The van der Waals surface area contributed by atoms with Gasteiger partial charge in [0.25, 0.3) is 0 Å². The van der Waals surface area contributed by atoms with Gasteiger partial charge in [-0.05, 0) is 122 Å².